The number of rotatable bonds is 3. The van der Waals surface area contributed by atoms with Gasteiger partial charge in [-0.05, 0) is 25.4 Å². The van der Waals surface area contributed by atoms with Crippen molar-refractivity contribution in [2.45, 2.75) is 13.8 Å². The summed E-state index contributed by atoms with van der Waals surface area (Å²) >= 11 is 3.00. The van der Waals surface area contributed by atoms with Crippen molar-refractivity contribution in [1.29, 1.82) is 0 Å². The molecule has 0 saturated carbocycles. The van der Waals surface area contributed by atoms with E-state index in [-0.39, 0.29) is 0 Å². The maximum Gasteiger partial charge on any atom is 0.148 e. The number of hydrogen-bond acceptors (Lipinski definition) is 6. The molecule has 3 N–H and O–H groups in total. The van der Waals surface area contributed by atoms with Crippen LogP contribution in [0.15, 0.2) is 5.38 Å². The molecule has 0 aliphatic heterocycles. The Kier molecular flexibility index (Phi) is 2.88. The van der Waals surface area contributed by atoms with Gasteiger partial charge >= 0.3 is 0 Å². The van der Waals surface area contributed by atoms with Gasteiger partial charge in [-0.1, -0.05) is 0 Å². The monoisotopic (exact) mass is 240 g/mol. The van der Waals surface area contributed by atoms with E-state index in [0.717, 1.165) is 27.8 Å². The van der Waals surface area contributed by atoms with Crippen LogP contribution in [0.3, 0.4) is 0 Å². The number of thiazole rings is 1. The number of nitrogens with one attached hydrogen (secondary N) is 1. The zero-order valence-electron chi connectivity index (χ0n) is 8.57. The zero-order chi connectivity index (χ0) is 10.8. The number of aromatic nitrogens is 2. The Balaban J connectivity index is 2.46. The second-order valence-corrected chi connectivity index (χ2v) is 4.89. The van der Waals surface area contributed by atoms with Gasteiger partial charge in [0.25, 0.3) is 0 Å². The fourth-order valence-corrected chi connectivity index (χ4v) is 2.70. The minimum absolute atomic E-state index is 0.557. The first-order valence-electron chi connectivity index (χ1n) is 4.64. The van der Waals surface area contributed by atoms with Crippen molar-refractivity contribution in [2.75, 3.05) is 17.6 Å². The van der Waals surface area contributed by atoms with Gasteiger partial charge in [-0.2, -0.15) is 4.37 Å². The highest BCUT2D eigenvalue weighted by molar-refractivity contribution is 7.11. The van der Waals surface area contributed by atoms with Crippen LogP contribution in [0, 0.1) is 6.92 Å². The molecule has 2 aromatic heterocycles. The van der Waals surface area contributed by atoms with Crippen molar-refractivity contribution in [1.82, 2.24) is 9.36 Å². The van der Waals surface area contributed by atoms with Crippen molar-refractivity contribution in [3.8, 4) is 11.3 Å². The van der Waals surface area contributed by atoms with E-state index in [2.05, 4.69) is 14.7 Å². The third-order valence-electron chi connectivity index (χ3n) is 1.93. The molecule has 0 bridgehead atoms. The number of hydrogen-bond donors (Lipinski definition) is 2. The van der Waals surface area contributed by atoms with Crippen LogP contribution in [0.5, 0.6) is 0 Å². The summed E-state index contributed by atoms with van der Waals surface area (Å²) in [4.78, 5) is 4.42. The first-order chi connectivity index (χ1) is 7.22. The third-order valence-corrected chi connectivity index (χ3v) is 3.52. The molecule has 0 saturated heterocycles. The summed E-state index contributed by atoms with van der Waals surface area (Å²) in [5.41, 5.74) is 7.69. The van der Waals surface area contributed by atoms with Gasteiger partial charge in [0, 0.05) is 11.9 Å². The summed E-state index contributed by atoms with van der Waals surface area (Å²) in [6, 6.07) is 0. The predicted molar refractivity (Wildman–Crippen MR) is 66.5 cm³/mol. The fraction of sp³-hybridized carbons (Fsp3) is 0.333. The topological polar surface area (TPSA) is 63.8 Å². The Morgan fingerprint density at radius 2 is 2.33 bits per heavy atom. The highest BCUT2D eigenvalue weighted by Gasteiger charge is 2.15. The Bertz CT molecular complexity index is 460. The van der Waals surface area contributed by atoms with E-state index in [1.165, 1.54) is 11.5 Å². The number of nitrogen functional groups attached to an aromatic ring is 1. The van der Waals surface area contributed by atoms with E-state index in [0.29, 0.717) is 5.82 Å². The van der Waals surface area contributed by atoms with E-state index in [9.17, 15) is 0 Å². The summed E-state index contributed by atoms with van der Waals surface area (Å²) in [7, 11) is 0. The van der Waals surface area contributed by atoms with E-state index >= 15 is 0 Å². The van der Waals surface area contributed by atoms with Crippen LogP contribution in [0.4, 0.5) is 10.8 Å². The number of anilines is 2. The molecule has 0 aliphatic rings. The van der Waals surface area contributed by atoms with E-state index in [1.54, 1.807) is 11.3 Å². The maximum absolute atomic E-state index is 5.84. The average Bonchev–Trinajstić information content (AvgIpc) is 2.74. The van der Waals surface area contributed by atoms with Gasteiger partial charge in [0.2, 0.25) is 0 Å². The highest BCUT2D eigenvalue weighted by Crippen LogP contribution is 2.36. The van der Waals surface area contributed by atoms with Crippen molar-refractivity contribution < 1.29 is 0 Å². The molecular formula is C9H12N4S2. The molecule has 0 spiro atoms. The summed E-state index contributed by atoms with van der Waals surface area (Å²) < 4.78 is 4.14. The van der Waals surface area contributed by atoms with Crippen LogP contribution in [-0.4, -0.2) is 15.9 Å². The van der Waals surface area contributed by atoms with E-state index < -0.39 is 0 Å². The summed E-state index contributed by atoms with van der Waals surface area (Å²) in [6.45, 7) is 4.89. The molecular weight excluding hydrogens is 228 g/mol. The standard InChI is InChI=1S/C9H12N4S2/c1-3-11-9-7(8(10)13-15-9)6-4-14-5(2)12-6/h4,11H,3H2,1-2H3,(H2,10,13). The first kappa shape index (κ1) is 10.4. The van der Waals surface area contributed by atoms with E-state index in [4.69, 9.17) is 5.73 Å². The second-order valence-electron chi connectivity index (χ2n) is 3.05. The van der Waals surface area contributed by atoms with Crippen LogP contribution in [-0.2, 0) is 0 Å². The maximum atomic E-state index is 5.84. The van der Waals surface area contributed by atoms with Crippen LogP contribution >= 0.6 is 22.9 Å². The normalized spacial score (nSPS) is 10.5. The molecule has 6 heteroatoms. The van der Waals surface area contributed by atoms with Crippen molar-refractivity contribution >= 4 is 33.7 Å². The first-order valence-corrected chi connectivity index (χ1v) is 6.29. The molecule has 15 heavy (non-hydrogen) atoms. The number of nitrogens with two attached hydrogens (primary N) is 1. The lowest BCUT2D eigenvalue weighted by atomic mass is 10.2. The molecule has 0 amide bonds. The van der Waals surface area contributed by atoms with Gasteiger partial charge in [0.1, 0.15) is 10.8 Å². The summed E-state index contributed by atoms with van der Waals surface area (Å²) in [5.74, 6) is 0.557. The summed E-state index contributed by atoms with van der Waals surface area (Å²) in [6.07, 6.45) is 0. The molecule has 0 aromatic carbocycles. The van der Waals surface area contributed by atoms with Gasteiger partial charge in [-0.25, -0.2) is 4.98 Å². The van der Waals surface area contributed by atoms with Crippen LogP contribution in [0.2, 0.25) is 0 Å². The number of nitrogens with zero attached hydrogens (tertiary/aromatic N) is 2. The lowest BCUT2D eigenvalue weighted by molar-refractivity contribution is 1.22. The molecule has 4 nitrogen and oxygen atoms in total. The minimum atomic E-state index is 0.557. The van der Waals surface area contributed by atoms with Gasteiger partial charge in [0.05, 0.1) is 16.3 Å². The quantitative estimate of drug-likeness (QED) is 0.865. The molecule has 0 unspecified atom stereocenters. The van der Waals surface area contributed by atoms with Crippen LogP contribution in [0.1, 0.15) is 11.9 Å². The SMILES string of the molecule is CCNc1snc(N)c1-c1csc(C)n1. The Morgan fingerprint density at radius 1 is 1.53 bits per heavy atom. The van der Waals surface area contributed by atoms with Crippen LogP contribution < -0.4 is 11.1 Å². The van der Waals surface area contributed by atoms with Gasteiger partial charge in [0.15, 0.2) is 0 Å². The smallest absolute Gasteiger partial charge is 0.148 e. The lowest BCUT2D eigenvalue weighted by Crippen LogP contribution is -1.96. The third kappa shape index (κ3) is 1.95. The Hall–Kier alpha value is -1.14. The van der Waals surface area contributed by atoms with Crippen LogP contribution in [0.25, 0.3) is 11.3 Å². The van der Waals surface area contributed by atoms with Gasteiger partial charge in [-0.3, -0.25) is 0 Å². The largest absolute Gasteiger partial charge is 0.382 e. The minimum Gasteiger partial charge on any atom is -0.382 e. The molecule has 2 aromatic rings. The molecule has 2 heterocycles. The van der Waals surface area contributed by atoms with Crippen molar-refractivity contribution in [2.24, 2.45) is 0 Å². The molecule has 0 aliphatic carbocycles. The van der Waals surface area contributed by atoms with Gasteiger partial charge < -0.3 is 11.1 Å². The molecule has 0 radical (unpaired) electrons. The average molecular weight is 240 g/mol. The number of aryl methyl sites for hydroxylation is 1. The molecule has 0 atom stereocenters. The summed E-state index contributed by atoms with van der Waals surface area (Å²) in [5, 5.41) is 7.30. The highest BCUT2D eigenvalue weighted by atomic mass is 32.1. The van der Waals surface area contributed by atoms with E-state index in [1.807, 2.05) is 19.2 Å². The second kappa shape index (κ2) is 4.16. The molecule has 80 valence electrons. The molecule has 0 fully saturated rings. The van der Waals surface area contributed by atoms with Gasteiger partial charge in [-0.15, -0.1) is 11.3 Å². The predicted octanol–water partition coefficient (Wildman–Crippen LogP) is 2.59. The fourth-order valence-electron chi connectivity index (χ4n) is 1.31. The Morgan fingerprint density at radius 3 is 2.93 bits per heavy atom. The van der Waals surface area contributed by atoms with Crippen molar-refractivity contribution in [3.05, 3.63) is 10.4 Å². The lowest BCUT2D eigenvalue weighted by Gasteiger charge is -2.01. The Labute approximate surface area is 96.3 Å². The molecule has 2 rings (SSSR count). The van der Waals surface area contributed by atoms with Crippen molar-refractivity contribution in [3.63, 3.8) is 0 Å². The zero-order valence-corrected chi connectivity index (χ0v) is 10.2.